The first-order chi connectivity index (χ1) is 13.1. The maximum Gasteiger partial charge on any atom is 0.232 e. The molecule has 27 heavy (non-hydrogen) atoms. The van der Waals surface area contributed by atoms with Gasteiger partial charge >= 0.3 is 0 Å². The van der Waals surface area contributed by atoms with Crippen LogP contribution in [0.15, 0.2) is 0 Å². The second-order valence-corrected chi connectivity index (χ2v) is 7.79. The Labute approximate surface area is 162 Å². The van der Waals surface area contributed by atoms with E-state index in [4.69, 9.17) is 4.74 Å². The van der Waals surface area contributed by atoms with E-state index in [0.717, 1.165) is 44.0 Å². The monoisotopic (exact) mass is 400 g/mol. The molecular weight excluding hydrogens is 372 g/mol. The number of nitrogens with one attached hydrogen (secondary N) is 2. The van der Waals surface area contributed by atoms with Gasteiger partial charge in [0, 0.05) is 31.1 Å². The average Bonchev–Trinajstić information content (AvgIpc) is 2.96. The van der Waals surface area contributed by atoms with Crippen LogP contribution in [0.25, 0.3) is 0 Å². The second-order valence-electron chi connectivity index (χ2n) is 6.57. The fraction of sp³-hybridized carbons (Fsp3) is 0.812. The van der Waals surface area contributed by atoms with Crippen LogP contribution in [0, 0.1) is 0 Å². The highest BCUT2D eigenvalue weighted by Crippen LogP contribution is 2.23. The molecule has 2 fully saturated rings. The van der Waals surface area contributed by atoms with Crippen molar-refractivity contribution >= 4 is 29.6 Å². The van der Waals surface area contributed by atoms with Gasteiger partial charge in [0.05, 0.1) is 6.61 Å². The van der Waals surface area contributed by atoms with E-state index >= 15 is 0 Å². The molecule has 0 spiro atoms. The van der Waals surface area contributed by atoms with Gasteiger partial charge in [0.1, 0.15) is 18.3 Å². The highest BCUT2D eigenvalue weighted by Gasteiger charge is 2.42. The molecule has 4 atom stereocenters. The third-order valence-electron chi connectivity index (χ3n) is 4.54. The normalized spacial score (nSPS) is 28.4. The zero-order chi connectivity index (χ0) is 19.2. The smallest absolute Gasteiger partial charge is 0.232 e. The van der Waals surface area contributed by atoms with Gasteiger partial charge < -0.3 is 35.6 Å². The highest BCUT2D eigenvalue weighted by atomic mass is 32.2. The summed E-state index contributed by atoms with van der Waals surface area (Å²) < 4.78 is 5.46. The van der Waals surface area contributed by atoms with Crippen LogP contribution in [-0.2, 0) is 4.74 Å². The molecule has 0 saturated carbocycles. The van der Waals surface area contributed by atoms with E-state index < -0.39 is 24.5 Å². The summed E-state index contributed by atoms with van der Waals surface area (Å²) in [6.07, 6.45) is -2.06. The van der Waals surface area contributed by atoms with Gasteiger partial charge in [-0.05, 0) is 6.42 Å². The highest BCUT2D eigenvalue weighted by molar-refractivity contribution is 7.99. The van der Waals surface area contributed by atoms with Crippen molar-refractivity contribution in [2.45, 2.75) is 44.3 Å². The Kier molecular flexibility index (Phi) is 7.30. The Bertz CT molecular complexity index is 606. The zero-order valence-corrected chi connectivity index (χ0v) is 16.2. The minimum absolute atomic E-state index is 0.257. The molecule has 2 aliphatic heterocycles. The van der Waals surface area contributed by atoms with Crippen LogP contribution in [0.5, 0.6) is 0 Å². The molecule has 1 aromatic rings. The Balaban J connectivity index is 1.77. The molecule has 2 saturated heterocycles. The molecule has 11 heteroatoms. The lowest BCUT2D eigenvalue weighted by atomic mass is 10.1. The van der Waals surface area contributed by atoms with Gasteiger partial charge in [-0.15, -0.1) is 0 Å². The lowest BCUT2D eigenvalue weighted by Gasteiger charge is -2.27. The Hall–Kier alpha value is -1.40. The van der Waals surface area contributed by atoms with E-state index in [1.807, 2.05) is 11.8 Å². The summed E-state index contributed by atoms with van der Waals surface area (Å²) in [6, 6.07) is 0. The van der Waals surface area contributed by atoms with E-state index in [0.29, 0.717) is 11.9 Å². The van der Waals surface area contributed by atoms with Crippen LogP contribution in [0.2, 0.25) is 0 Å². The van der Waals surface area contributed by atoms with Gasteiger partial charge in [-0.2, -0.15) is 26.7 Å². The van der Waals surface area contributed by atoms with Crippen molar-refractivity contribution in [2.24, 2.45) is 0 Å². The maximum absolute atomic E-state index is 10.1. The Morgan fingerprint density at radius 3 is 2.56 bits per heavy atom. The molecule has 3 rings (SSSR count). The van der Waals surface area contributed by atoms with Crippen LogP contribution in [-0.4, -0.2) is 92.6 Å². The number of aliphatic hydroxyl groups excluding tert-OH is 3. The number of aromatic nitrogens is 3. The van der Waals surface area contributed by atoms with Crippen LogP contribution in [0.3, 0.4) is 0 Å². The fourth-order valence-corrected chi connectivity index (χ4v) is 3.84. The number of aliphatic hydroxyl groups is 3. The largest absolute Gasteiger partial charge is 0.394 e. The van der Waals surface area contributed by atoms with Crippen molar-refractivity contribution < 1.29 is 20.1 Å². The number of thioether (sulfide) groups is 1. The summed E-state index contributed by atoms with van der Waals surface area (Å²) in [4.78, 5) is 15.5. The standard InChI is InChI=1S/C16H28N6O4S/c1-2-3-4-17-14-19-15(18-13-12(25)11(24)10(9-23)26-13)21-16(20-14)22-5-7-27-8-6-22/h10-13,23-25H,2-9H2,1H3,(H2,17,18,19,20,21)/t10-,11-,12-,13-/m1/s1. The maximum atomic E-state index is 10.1. The number of nitrogens with zero attached hydrogens (tertiary/aromatic N) is 4. The number of anilines is 3. The number of hydrogen-bond donors (Lipinski definition) is 5. The predicted molar refractivity (Wildman–Crippen MR) is 104 cm³/mol. The quantitative estimate of drug-likeness (QED) is 0.361. The molecule has 0 aliphatic carbocycles. The molecule has 10 nitrogen and oxygen atoms in total. The fourth-order valence-electron chi connectivity index (χ4n) is 2.94. The van der Waals surface area contributed by atoms with Crippen molar-refractivity contribution in [3.63, 3.8) is 0 Å². The first-order valence-corrected chi connectivity index (χ1v) is 10.5. The van der Waals surface area contributed by atoms with Crippen molar-refractivity contribution in [1.29, 1.82) is 0 Å². The molecule has 0 aromatic carbocycles. The molecule has 0 bridgehead atoms. The molecule has 3 heterocycles. The van der Waals surface area contributed by atoms with E-state index in [-0.39, 0.29) is 12.6 Å². The molecule has 152 valence electrons. The summed E-state index contributed by atoms with van der Waals surface area (Å²) in [5.41, 5.74) is 0. The Morgan fingerprint density at radius 1 is 1.15 bits per heavy atom. The second kappa shape index (κ2) is 9.69. The first kappa shape index (κ1) is 20.3. The molecule has 0 unspecified atom stereocenters. The van der Waals surface area contributed by atoms with Gasteiger partial charge in [0.2, 0.25) is 17.8 Å². The van der Waals surface area contributed by atoms with Crippen LogP contribution in [0.4, 0.5) is 17.8 Å². The number of rotatable bonds is 8. The molecule has 5 N–H and O–H groups in total. The van der Waals surface area contributed by atoms with Gasteiger partial charge in [0.25, 0.3) is 0 Å². The van der Waals surface area contributed by atoms with Crippen molar-refractivity contribution in [3.05, 3.63) is 0 Å². The van der Waals surface area contributed by atoms with Gasteiger partial charge in [-0.25, -0.2) is 0 Å². The van der Waals surface area contributed by atoms with Gasteiger partial charge in [-0.1, -0.05) is 13.3 Å². The minimum atomic E-state index is -1.19. The zero-order valence-electron chi connectivity index (χ0n) is 15.4. The van der Waals surface area contributed by atoms with E-state index in [9.17, 15) is 15.3 Å². The number of hydrogen-bond acceptors (Lipinski definition) is 11. The summed E-state index contributed by atoms with van der Waals surface area (Å²) >= 11 is 1.90. The van der Waals surface area contributed by atoms with Crippen LogP contribution >= 0.6 is 11.8 Å². The van der Waals surface area contributed by atoms with Gasteiger partial charge in [0.15, 0.2) is 6.23 Å². The number of ether oxygens (including phenoxy) is 1. The van der Waals surface area contributed by atoms with Crippen LogP contribution in [0.1, 0.15) is 19.8 Å². The van der Waals surface area contributed by atoms with Gasteiger partial charge in [-0.3, -0.25) is 0 Å². The lowest BCUT2D eigenvalue weighted by Crippen LogP contribution is -2.37. The predicted octanol–water partition coefficient (Wildman–Crippen LogP) is -0.512. The van der Waals surface area contributed by atoms with E-state index in [1.165, 1.54) is 0 Å². The minimum Gasteiger partial charge on any atom is -0.394 e. The molecule has 1 aromatic heterocycles. The molecule has 2 aliphatic rings. The summed E-state index contributed by atoms with van der Waals surface area (Å²) in [5.74, 6) is 3.32. The van der Waals surface area contributed by atoms with Crippen molar-refractivity contribution in [2.75, 3.05) is 53.3 Å². The molecular formula is C16H28N6O4S. The summed E-state index contributed by atoms with van der Waals surface area (Å²) in [5, 5.41) is 35.4. The van der Waals surface area contributed by atoms with E-state index in [2.05, 4.69) is 37.4 Å². The third kappa shape index (κ3) is 5.11. The van der Waals surface area contributed by atoms with Crippen LogP contribution < -0.4 is 15.5 Å². The summed E-state index contributed by atoms with van der Waals surface area (Å²) in [7, 11) is 0. The molecule has 0 amide bonds. The van der Waals surface area contributed by atoms with Crippen molar-refractivity contribution in [3.8, 4) is 0 Å². The van der Waals surface area contributed by atoms with Crippen molar-refractivity contribution in [1.82, 2.24) is 15.0 Å². The first-order valence-electron chi connectivity index (χ1n) is 9.34. The van der Waals surface area contributed by atoms with E-state index in [1.54, 1.807) is 0 Å². The molecule has 0 radical (unpaired) electrons. The number of unbranched alkanes of at least 4 members (excludes halogenated alkanes) is 1. The lowest BCUT2D eigenvalue weighted by molar-refractivity contribution is -0.0154. The average molecular weight is 401 g/mol. The summed E-state index contributed by atoms with van der Waals surface area (Å²) in [6.45, 7) is 4.20. The SMILES string of the molecule is CCCCNc1nc(N[C@@H]2O[C@H](CO)[C@@H](O)[C@H]2O)nc(N2CCSCC2)n1. The third-order valence-corrected chi connectivity index (χ3v) is 5.49. The Morgan fingerprint density at radius 2 is 1.89 bits per heavy atom. The topological polar surface area (TPSA) is 136 Å².